The summed E-state index contributed by atoms with van der Waals surface area (Å²) >= 11 is 0. The van der Waals surface area contributed by atoms with Crippen LogP contribution >= 0.6 is 0 Å². The number of hydrogen-bond donors (Lipinski definition) is 0. The molecule has 21 heavy (non-hydrogen) atoms. The van der Waals surface area contributed by atoms with Crippen LogP contribution in [0.2, 0.25) is 0 Å². The molecule has 0 aliphatic heterocycles. The molecule has 0 aromatic carbocycles. The third kappa shape index (κ3) is 6.36. The highest BCUT2D eigenvalue weighted by molar-refractivity contribution is 6.61. The fraction of sp³-hybridized carbons (Fsp3) is 1.00. The minimum atomic E-state index is -2.46. The summed E-state index contributed by atoms with van der Waals surface area (Å²) in [4.78, 5) is 0. The van der Waals surface area contributed by atoms with Crippen LogP contribution < -0.4 is 0 Å². The maximum atomic E-state index is 6.34. The van der Waals surface area contributed by atoms with Gasteiger partial charge in [-0.1, -0.05) is 40.5 Å². The fourth-order valence-electron chi connectivity index (χ4n) is 2.68. The van der Waals surface area contributed by atoms with Gasteiger partial charge in [0.2, 0.25) is 0 Å². The van der Waals surface area contributed by atoms with Crippen LogP contribution in [-0.2, 0) is 8.85 Å². The van der Waals surface area contributed by atoms with Crippen molar-refractivity contribution >= 4 is 8.88 Å². The highest BCUT2D eigenvalue weighted by Crippen LogP contribution is 2.21. The molecule has 0 bridgehead atoms. The predicted molar refractivity (Wildman–Crippen MR) is 93.3 cm³/mol. The lowest BCUT2D eigenvalue weighted by Crippen LogP contribution is -2.70. The Kier molecular flexibility index (Phi) is 12.6. The lowest BCUT2D eigenvalue weighted by molar-refractivity contribution is 0.0632. The average molecular weight is 319 g/mol. The molecule has 0 fully saturated rings. The van der Waals surface area contributed by atoms with Crippen molar-refractivity contribution in [1.29, 1.82) is 0 Å². The summed E-state index contributed by atoms with van der Waals surface area (Å²) < 4.78 is 17.7. The monoisotopic (exact) mass is 318 g/mol. The topological polar surface area (TPSA) is 24.9 Å². The molecule has 0 rings (SSSR count). The first-order valence-corrected chi connectivity index (χ1v) is 10.7. The number of unbranched alkanes of at least 4 members (excludes halogenated alkanes) is 2. The van der Waals surface area contributed by atoms with E-state index in [0.29, 0.717) is 0 Å². The molecule has 0 heterocycles. The van der Waals surface area contributed by atoms with Crippen LogP contribution in [0.5, 0.6) is 0 Å². The van der Waals surface area contributed by atoms with Crippen molar-refractivity contribution in [3.05, 3.63) is 0 Å². The fourth-order valence-corrected chi connectivity index (χ4v) is 6.33. The quantitative estimate of drug-likeness (QED) is 0.456. The van der Waals surface area contributed by atoms with E-state index in [1.165, 1.54) is 25.7 Å². The van der Waals surface area contributed by atoms with Gasteiger partial charge < -0.3 is 8.85 Å². The van der Waals surface area contributed by atoms with Crippen LogP contribution in [-0.4, -0.2) is 57.4 Å². The highest BCUT2D eigenvalue weighted by Gasteiger charge is 2.50. The molecular formula is C16H38N2O2Si. The molecule has 0 N–H and O–H groups in total. The summed E-state index contributed by atoms with van der Waals surface area (Å²) in [5.41, 5.74) is 0. The number of nitrogens with zero attached hydrogens (tertiary/aromatic N) is 2. The van der Waals surface area contributed by atoms with Crippen molar-refractivity contribution in [3.8, 4) is 0 Å². The molecule has 128 valence electrons. The van der Waals surface area contributed by atoms with Gasteiger partial charge in [0.25, 0.3) is 0 Å². The minimum absolute atomic E-state index is 0.720. The van der Waals surface area contributed by atoms with Gasteiger partial charge in [0, 0.05) is 13.2 Å². The van der Waals surface area contributed by atoms with E-state index in [1.54, 1.807) is 0 Å². The second kappa shape index (κ2) is 12.6. The SMILES string of the molecule is CCCCN(CC)[Si](OCC)(OCC)N(CC)CCCC. The second-order valence-electron chi connectivity index (χ2n) is 5.28. The molecule has 0 radical (unpaired) electrons. The first kappa shape index (κ1) is 21.1. The van der Waals surface area contributed by atoms with Gasteiger partial charge in [-0.3, -0.25) is 9.13 Å². The Morgan fingerprint density at radius 2 is 1.05 bits per heavy atom. The van der Waals surface area contributed by atoms with Crippen LogP contribution in [0, 0.1) is 0 Å². The molecule has 0 aliphatic rings. The molecule has 0 aromatic rings. The Labute approximate surface area is 134 Å². The molecule has 0 spiro atoms. The summed E-state index contributed by atoms with van der Waals surface area (Å²) in [5, 5.41) is 0. The normalized spacial score (nSPS) is 12.6. The van der Waals surface area contributed by atoms with Gasteiger partial charge in [-0.25, -0.2) is 0 Å². The maximum absolute atomic E-state index is 6.34. The van der Waals surface area contributed by atoms with Crippen LogP contribution in [0.25, 0.3) is 0 Å². The lowest BCUT2D eigenvalue weighted by Gasteiger charge is -2.45. The van der Waals surface area contributed by atoms with Crippen LogP contribution in [0.4, 0.5) is 0 Å². The van der Waals surface area contributed by atoms with E-state index in [2.05, 4.69) is 50.7 Å². The van der Waals surface area contributed by atoms with Crippen LogP contribution in [0.15, 0.2) is 0 Å². The Morgan fingerprint density at radius 1 is 0.667 bits per heavy atom. The van der Waals surface area contributed by atoms with E-state index in [-0.39, 0.29) is 0 Å². The molecule has 4 nitrogen and oxygen atoms in total. The summed E-state index contributed by atoms with van der Waals surface area (Å²) in [6.45, 7) is 18.7. The van der Waals surface area contributed by atoms with E-state index < -0.39 is 8.88 Å². The van der Waals surface area contributed by atoms with E-state index in [9.17, 15) is 0 Å². The highest BCUT2D eigenvalue weighted by atomic mass is 28.4. The van der Waals surface area contributed by atoms with Crippen molar-refractivity contribution < 1.29 is 8.85 Å². The van der Waals surface area contributed by atoms with E-state index in [0.717, 1.165) is 39.4 Å². The van der Waals surface area contributed by atoms with Gasteiger partial charge in [-0.15, -0.1) is 0 Å². The van der Waals surface area contributed by atoms with Crippen molar-refractivity contribution in [2.45, 2.75) is 67.2 Å². The second-order valence-corrected chi connectivity index (χ2v) is 8.22. The Bertz CT molecular complexity index is 218. The zero-order valence-corrected chi connectivity index (χ0v) is 16.3. The zero-order chi connectivity index (χ0) is 16.1. The van der Waals surface area contributed by atoms with Crippen molar-refractivity contribution in [3.63, 3.8) is 0 Å². The van der Waals surface area contributed by atoms with Crippen LogP contribution in [0.1, 0.15) is 67.2 Å². The Hall–Kier alpha value is 0.0569. The lowest BCUT2D eigenvalue weighted by atomic mass is 10.3. The number of rotatable bonds is 14. The first-order chi connectivity index (χ1) is 10.2. The maximum Gasteiger partial charge on any atom is 0.522 e. The summed E-state index contributed by atoms with van der Waals surface area (Å²) in [6, 6.07) is 0. The van der Waals surface area contributed by atoms with Gasteiger partial charge in [-0.05, 0) is 52.9 Å². The molecule has 0 saturated heterocycles. The third-order valence-electron chi connectivity index (χ3n) is 3.79. The number of hydrogen-bond acceptors (Lipinski definition) is 4. The first-order valence-electron chi connectivity index (χ1n) is 8.94. The van der Waals surface area contributed by atoms with Crippen molar-refractivity contribution in [1.82, 2.24) is 9.13 Å². The van der Waals surface area contributed by atoms with Crippen LogP contribution in [0.3, 0.4) is 0 Å². The zero-order valence-electron chi connectivity index (χ0n) is 15.3. The molecule has 0 amide bonds. The van der Waals surface area contributed by atoms with E-state index >= 15 is 0 Å². The van der Waals surface area contributed by atoms with Crippen molar-refractivity contribution in [2.24, 2.45) is 0 Å². The van der Waals surface area contributed by atoms with Gasteiger partial charge >= 0.3 is 8.88 Å². The smallest absolute Gasteiger partial charge is 0.371 e. The van der Waals surface area contributed by atoms with Crippen molar-refractivity contribution in [2.75, 3.05) is 39.4 Å². The van der Waals surface area contributed by atoms with Gasteiger partial charge in [0.15, 0.2) is 0 Å². The molecule has 0 atom stereocenters. The van der Waals surface area contributed by atoms with Gasteiger partial charge in [0.05, 0.1) is 0 Å². The third-order valence-corrected chi connectivity index (χ3v) is 7.80. The standard InChI is InChI=1S/C16H38N2O2Si/c1-7-13-15-17(9-3)21(19-11-5,20-12-6)18(10-4)16-14-8-2/h7-16H2,1-6H3. The average Bonchev–Trinajstić information content (AvgIpc) is 2.49. The van der Waals surface area contributed by atoms with E-state index in [1.807, 2.05) is 0 Å². The summed E-state index contributed by atoms with van der Waals surface area (Å²) in [7, 11) is -2.46. The molecule has 0 unspecified atom stereocenters. The molecule has 0 aromatic heterocycles. The largest absolute Gasteiger partial charge is 0.522 e. The summed E-state index contributed by atoms with van der Waals surface area (Å²) in [5.74, 6) is 0. The Balaban J connectivity index is 5.32. The molecule has 0 aliphatic carbocycles. The molecular weight excluding hydrogens is 280 g/mol. The Morgan fingerprint density at radius 3 is 1.29 bits per heavy atom. The minimum Gasteiger partial charge on any atom is -0.371 e. The van der Waals surface area contributed by atoms with E-state index in [4.69, 9.17) is 8.85 Å². The molecule has 5 heteroatoms. The predicted octanol–water partition coefficient (Wildman–Crippen LogP) is 3.74. The van der Waals surface area contributed by atoms with Gasteiger partial charge in [-0.2, -0.15) is 0 Å². The molecule has 0 saturated carbocycles. The summed E-state index contributed by atoms with van der Waals surface area (Å²) in [6.07, 6.45) is 4.82. The van der Waals surface area contributed by atoms with Gasteiger partial charge in [0.1, 0.15) is 0 Å².